The third kappa shape index (κ3) is 11.8. The van der Waals surface area contributed by atoms with Gasteiger partial charge in [-0.25, -0.2) is 4.39 Å². The third-order valence-electron chi connectivity index (χ3n) is 5.77. The number of rotatable bonds is 1. The largest absolute Gasteiger partial charge is 0.496 e. The molecule has 36 heavy (non-hydrogen) atoms. The van der Waals surface area contributed by atoms with Crippen molar-refractivity contribution in [3.05, 3.63) is 135 Å². The summed E-state index contributed by atoms with van der Waals surface area (Å²) < 4.78 is 17.7. The lowest BCUT2D eigenvalue weighted by Gasteiger charge is -2.03. The zero-order chi connectivity index (χ0) is 27.3. The molecule has 0 bridgehead atoms. The second-order valence-electron chi connectivity index (χ2n) is 9.47. The van der Waals surface area contributed by atoms with Crippen LogP contribution >= 0.6 is 0 Å². The number of benzene rings is 4. The highest BCUT2D eigenvalue weighted by Crippen LogP contribution is 2.17. The molecule has 0 N–H and O–H groups in total. The normalized spacial score (nSPS) is 9.53. The van der Waals surface area contributed by atoms with Gasteiger partial charge in [-0.3, -0.25) is 0 Å². The summed E-state index contributed by atoms with van der Waals surface area (Å²) in [5.74, 6) is 0.856. The van der Waals surface area contributed by atoms with Crippen molar-refractivity contribution in [3.8, 4) is 5.75 Å². The van der Waals surface area contributed by atoms with Gasteiger partial charge in [-0.05, 0) is 108 Å². The molecule has 0 aliphatic rings. The van der Waals surface area contributed by atoms with Crippen LogP contribution in [0.5, 0.6) is 5.75 Å². The number of methoxy groups -OCH3 is 1. The molecular formula is C34H43FO. The number of ether oxygens (including phenoxy) is 1. The molecule has 0 atom stereocenters. The van der Waals surface area contributed by atoms with E-state index >= 15 is 0 Å². The molecule has 0 radical (unpaired) electrons. The van der Waals surface area contributed by atoms with Gasteiger partial charge in [0.2, 0.25) is 0 Å². The quantitative estimate of drug-likeness (QED) is 0.260. The number of hydrogen-bond donors (Lipinski definition) is 0. The summed E-state index contributed by atoms with van der Waals surface area (Å²) in [5.41, 5.74) is 10.9. The fourth-order valence-electron chi connectivity index (χ4n) is 3.15. The molecule has 0 saturated carbocycles. The molecule has 0 spiro atoms. The van der Waals surface area contributed by atoms with Crippen LogP contribution in [0.2, 0.25) is 0 Å². The lowest BCUT2D eigenvalue weighted by molar-refractivity contribution is 0.411. The molecular weight excluding hydrogens is 443 g/mol. The van der Waals surface area contributed by atoms with E-state index in [1.807, 2.05) is 26.0 Å². The Kier molecular flexibility index (Phi) is 13.3. The first-order valence-corrected chi connectivity index (χ1v) is 12.3. The summed E-state index contributed by atoms with van der Waals surface area (Å²) in [7, 11) is 1.70. The molecule has 2 heteroatoms. The molecule has 1 nitrogen and oxygen atoms in total. The summed E-state index contributed by atoms with van der Waals surface area (Å²) >= 11 is 0. The van der Waals surface area contributed by atoms with Gasteiger partial charge in [0.25, 0.3) is 0 Å². The van der Waals surface area contributed by atoms with Crippen molar-refractivity contribution in [1.82, 2.24) is 0 Å². The van der Waals surface area contributed by atoms with Crippen LogP contribution in [-0.2, 0) is 0 Å². The maximum atomic E-state index is 12.6. The van der Waals surface area contributed by atoms with Crippen molar-refractivity contribution >= 4 is 0 Å². The van der Waals surface area contributed by atoms with Gasteiger partial charge in [-0.15, -0.1) is 0 Å². The Balaban J connectivity index is 0.000000241. The maximum absolute atomic E-state index is 12.6. The van der Waals surface area contributed by atoms with Crippen LogP contribution in [0, 0.1) is 68.1 Å². The Morgan fingerprint density at radius 3 is 1.17 bits per heavy atom. The van der Waals surface area contributed by atoms with Gasteiger partial charge in [0.15, 0.2) is 0 Å². The van der Waals surface area contributed by atoms with Gasteiger partial charge in [-0.1, -0.05) is 83.4 Å². The van der Waals surface area contributed by atoms with Crippen molar-refractivity contribution in [1.29, 1.82) is 0 Å². The van der Waals surface area contributed by atoms with Gasteiger partial charge in [0, 0.05) is 0 Å². The average molecular weight is 487 g/mol. The fourth-order valence-corrected chi connectivity index (χ4v) is 3.15. The minimum atomic E-state index is -0.116. The van der Waals surface area contributed by atoms with E-state index in [0.717, 1.165) is 11.3 Å². The van der Waals surface area contributed by atoms with Crippen molar-refractivity contribution < 1.29 is 9.13 Å². The molecule has 4 rings (SSSR count). The van der Waals surface area contributed by atoms with Crippen LogP contribution in [0.25, 0.3) is 0 Å². The monoisotopic (exact) mass is 486 g/mol. The van der Waals surface area contributed by atoms with E-state index in [-0.39, 0.29) is 5.82 Å². The molecule has 4 aromatic carbocycles. The summed E-state index contributed by atoms with van der Waals surface area (Å²) in [6.07, 6.45) is 0. The zero-order valence-electron chi connectivity index (χ0n) is 23.8. The predicted octanol–water partition coefficient (Wildman–Crippen LogP) is 9.67. The summed E-state index contributed by atoms with van der Waals surface area (Å²) in [4.78, 5) is 0. The minimum Gasteiger partial charge on any atom is -0.496 e. The number of halogens is 1. The second kappa shape index (κ2) is 15.6. The Labute approximate surface area is 219 Å². The van der Waals surface area contributed by atoms with E-state index in [1.165, 1.54) is 45.0 Å². The smallest absolute Gasteiger partial charge is 0.126 e. The molecule has 0 fully saturated rings. The zero-order valence-corrected chi connectivity index (χ0v) is 23.8. The average Bonchev–Trinajstić information content (AvgIpc) is 2.84. The van der Waals surface area contributed by atoms with Crippen LogP contribution < -0.4 is 4.74 Å². The second-order valence-corrected chi connectivity index (χ2v) is 9.47. The van der Waals surface area contributed by atoms with Crippen LogP contribution in [-0.4, -0.2) is 7.11 Å². The Bertz CT molecular complexity index is 1140. The van der Waals surface area contributed by atoms with E-state index < -0.39 is 0 Å². The van der Waals surface area contributed by atoms with Crippen molar-refractivity contribution in [2.24, 2.45) is 0 Å². The highest BCUT2D eigenvalue weighted by atomic mass is 19.1. The van der Waals surface area contributed by atoms with E-state index in [4.69, 9.17) is 4.74 Å². The van der Waals surface area contributed by atoms with E-state index in [0.29, 0.717) is 5.56 Å². The summed E-state index contributed by atoms with van der Waals surface area (Å²) in [5, 5.41) is 0. The molecule has 0 saturated heterocycles. The molecule has 0 aromatic heterocycles. The Morgan fingerprint density at radius 1 is 0.417 bits per heavy atom. The number of hydrogen-bond acceptors (Lipinski definition) is 1. The van der Waals surface area contributed by atoms with Crippen molar-refractivity contribution in [2.75, 3.05) is 7.11 Å². The van der Waals surface area contributed by atoms with Crippen LogP contribution in [0.1, 0.15) is 50.1 Å². The lowest BCUT2D eigenvalue weighted by atomic mass is 10.1. The lowest BCUT2D eigenvalue weighted by Crippen LogP contribution is -1.86. The first kappa shape index (κ1) is 30.6. The molecule has 0 aliphatic heterocycles. The molecule has 0 unspecified atom stereocenters. The number of aryl methyl sites for hydroxylation is 9. The predicted molar refractivity (Wildman–Crippen MR) is 155 cm³/mol. The van der Waals surface area contributed by atoms with Crippen LogP contribution in [0.15, 0.2) is 78.9 Å². The SMILES string of the molecule is COc1cc(C)ccc1C.Cc1ccc(C)c(C)c1.Cc1ccc(C)c(F)c1.Cc1ccc(C)cc1. The van der Waals surface area contributed by atoms with E-state index in [1.54, 1.807) is 20.1 Å². The Morgan fingerprint density at radius 2 is 0.806 bits per heavy atom. The Hall–Kier alpha value is -3.39. The van der Waals surface area contributed by atoms with Crippen molar-refractivity contribution in [3.63, 3.8) is 0 Å². The van der Waals surface area contributed by atoms with Gasteiger partial charge < -0.3 is 4.74 Å². The summed E-state index contributed by atoms with van der Waals surface area (Å²) in [6.45, 7) is 18.3. The topological polar surface area (TPSA) is 9.23 Å². The standard InChI is InChI=1S/C9H12O.C9H12.C8H9F.C8H10/c1-7-4-5-8(2)9(6-7)10-3;1-7-4-5-8(2)9(3)6-7;1-6-3-4-7(2)8(9)5-6;1-7-3-5-8(2)6-4-7/h4-6H,1-3H3;4-6H,1-3H3;3-5H,1-2H3;3-6H,1-2H3. The van der Waals surface area contributed by atoms with Gasteiger partial charge in [0.05, 0.1) is 7.11 Å². The molecule has 192 valence electrons. The highest BCUT2D eigenvalue weighted by Gasteiger charge is 1.95. The fraction of sp³-hybridized carbons (Fsp3) is 0.294. The molecule has 4 aromatic rings. The van der Waals surface area contributed by atoms with Crippen LogP contribution in [0.3, 0.4) is 0 Å². The van der Waals surface area contributed by atoms with Crippen LogP contribution in [0.4, 0.5) is 4.39 Å². The molecule has 0 heterocycles. The maximum Gasteiger partial charge on any atom is 0.126 e. The molecule has 0 amide bonds. The van der Waals surface area contributed by atoms with Crippen molar-refractivity contribution in [2.45, 2.75) is 62.3 Å². The minimum absolute atomic E-state index is 0.116. The first-order valence-electron chi connectivity index (χ1n) is 12.3. The van der Waals surface area contributed by atoms with Gasteiger partial charge >= 0.3 is 0 Å². The highest BCUT2D eigenvalue weighted by molar-refractivity contribution is 5.35. The van der Waals surface area contributed by atoms with E-state index in [2.05, 4.69) is 96.1 Å². The summed E-state index contributed by atoms with van der Waals surface area (Å²) in [6, 6.07) is 26.4. The van der Waals surface area contributed by atoms with Gasteiger partial charge in [0.1, 0.15) is 11.6 Å². The molecule has 0 aliphatic carbocycles. The van der Waals surface area contributed by atoms with Gasteiger partial charge in [-0.2, -0.15) is 0 Å². The first-order chi connectivity index (χ1) is 16.9. The van der Waals surface area contributed by atoms with E-state index in [9.17, 15) is 4.39 Å². The third-order valence-corrected chi connectivity index (χ3v) is 5.77.